The van der Waals surface area contributed by atoms with E-state index in [2.05, 4.69) is 31.1 Å². The molecule has 0 radical (unpaired) electrons. The summed E-state index contributed by atoms with van der Waals surface area (Å²) in [6, 6.07) is 9.73. The lowest BCUT2D eigenvalue weighted by Gasteiger charge is -2.08. The van der Waals surface area contributed by atoms with Gasteiger partial charge in [-0.3, -0.25) is 4.98 Å². The Balaban J connectivity index is 1.80. The van der Waals surface area contributed by atoms with Gasteiger partial charge in [0.2, 0.25) is 11.8 Å². The highest BCUT2D eigenvalue weighted by atomic mass is 79.9. The van der Waals surface area contributed by atoms with Gasteiger partial charge in [-0.05, 0) is 40.2 Å². The summed E-state index contributed by atoms with van der Waals surface area (Å²) in [7, 11) is 0. The maximum absolute atomic E-state index is 13.7. The quantitative estimate of drug-likeness (QED) is 0.446. The van der Waals surface area contributed by atoms with Crippen LogP contribution in [0, 0.1) is 22.7 Å². The first-order chi connectivity index (χ1) is 14.0. The maximum Gasteiger partial charge on any atom is 0.278 e. The zero-order chi connectivity index (χ0) is 20.5. The van der Waals surface area contributed by atoms with Gasteiger partial charge in [0.1, 0.15) is 18.7 Å². The number of pyridine rings is 1. The van der Waals surface area contributed by atoms with Crippen LogP contribution < -0.4 is 0 Å². The van der Waals surface area contributed by atoms with Gasteiger partial charge in [0.05, 0.1) is 27.9 Å². The Morgan fingerprint density at radius 2 is 1.97 bits per heavy atom. The summed E-state index contributed by atoms with van der Waals surface area (Å²) in [5.74, 6) is 0.315. The third kappa shape index (κ3) is 3.35. The van der Waals surface area contributed by atoms with E-state index < -0.39 is 6.43 Å². The van der Waals surface area contributed by atoms with Crippen LogP contribution in [0.25, 0.3) is 22.4 Å². The Bertz CT molecular complexity index is 1310. The molecule has 0 aliphatic rings. The van der Waals surface area contributed by atoms with Gasteiger partial charge in [-0.2, -0.15) is 10.5 Å². The first kappa shape index (κ1) is 18.7. The number of benzene rings is 1. The van der Waals surface area contributed by atoms with E-state index in [1.54, 1.807) is 18.5 Å². The van der Waals surface area contributed by atoms with Crippen molar-refractivity contribution in [3.05, 3.63) is 63.8 Å². The third-order valence-electron chi connectivity index (χ3n) is 4.29. The fourth-order valence-corrected chi connectivity index (χ4v) is 3.39. The molecule has 0 amide bonds. The van der Waals surface area contributed by atoms with E-state index >= 15 is 0 Å². The Morgan fingerprint density at radius 3 is 2.66 bits per heavy atom. The number of alkyl halides is 2. The minimum atomic E-state index is -2.80. The second kappa shape index (κ2) is 7.41. The largest absolute Gasteiger partial charge is 0.419 e. The summed E-state index contributed by atoms with van der Waals surface area (Å²) in [6.45, 7) is -0.117. The normalized spacial score (nSPS) is 11.0. The molecule has 0 fully saturated rings. The van der Waals surface area contributed by atoms with Crippen LogP contribution in [0.1, 0.15) is 29.1 Å². The zero-order valence-electron chi connectivity index (χ0n) is 14.5. The van der Waals surface area contributed by atoms with Crippen molar-refractivity contribution in [1.82, 2.24) is 19.7 Å². The van der Waals surface area contributed by atoms with Gasteiger partial charge >= 0.3 is 0 Å². The van der Waals surface area contributed by atoms with Gasteiger partial charge in [0.15, 0.2) is 0 Å². The summed E-state index contributed by atoms with van der Waals surface area (Å²) in [5.41, 5.74) is 0.822. The molecule has 0 atom stereocenters. The Morgan fingerprint density at radius 1 is 1.14 bits per heavy atom. The molecular formula is C19H9BrF2N6O. The van der Waals surface area contributed by atoms with Crippen LogP contribution in [-0.4, -0.2) is 19.7 Å². The van der Waals surface area contributed by atoms with Crippen LogP contribution in [-0.2, 0) is 6.54 Å². The van der Waals surface area contributed by atoms with E-state index in [4.69, 9.17) is 9.68 Å². The van der Waals surface area contributed by atoms with Crippen LogP contribution in [0.3, 0.4) is 0 Å². The Labute approximate surface area is 171 Å². The number of fused-ring (bicyclic) bond motifs is 1. The lowest BCUT2D eigenvalue weighted by atomic mass is 10.1. The molecule has 7 nitrogen and oxygen atoms in total. The maximum atomic E-state index is 13.7. The van der Waals surface area contributed by atoms with Crippen LogP contribution in [0.4, 0.5) is 8.78 Å². The molecule has 0 aliphatic heterocycles. The molecule has 1 aromatic carbocycles. The second-order valence-corrected chi connectivity index (χ2v) is 6.91. The minimum Gasteiger partial charge on any atom is -0.419 e. The zero-order valence-corrected chi connectivity index (χ0v) is 16.1. The van der Waals surface area contributed by atoms with E-state index in [0.717, 1.165) is 4.47 Å². The van der Waals surface area contributed by atoms with Gasteiger partial charge in [0.25, 0.3) is 6.43 Å². The van der Waals surface area contributed by atoms with Gasteiger partial charge in [-0.25, -0.2) is 8.78 Å². The molecule has 142 valence electrons. The van der Waals surface area contributed by atoms with Gasteiger partial charge in [0, 0.05) is 22.3 Å². The van der Waals surface area contributed by atoms with Crippen LogP contribution >= 0.6 is 15.9 Å². The molecule has 0 bridgehead atoms. The SMILES string of the molecule is N#Cc1ccc2c(cc(C(F)F)n2Cc2nnc(-c3cncc(Br)c3)o2)c1C#N. The predicted octanol–water partition coefficient (Wildman–Crippen LogP) is 4.58. The van der Waals surface area contributed by atoms with Crippen molar-refractivity contribution in [1.29, 1.82) is 10.5 Å². The van der Waals surface area contributed by atoms with Crippen molar-refractivity contribution in [3.8, 4) is 23.6 Å². The van der Waals surface area contributed by atoms with E-state index in [1.807, 2.05) is 12.1 Å². The number of halogens is 3. The average molecular weight is 455 g/mol. The lowest BCUT2D eigenvalue weighted by Crippen LogP contribution is -2.05. The molecule has 0 aliphatic carbocycles. The van der Waals surface area contributed by atoms with E-state index in [0.29, 0.717) is 11.1 Å². The fourth-order valence-electron chi connectivity index (χ4n) is 3.02. The number of nitrogens with zero attached hydrogens (tertiary/aromatic N) is 6. The second-order valence-electron chi connectivity index (χ2n) is 5.99. The van der Waals surface area contributed by atoms with E-state index in [9.17, 15) is 14.0 Å². The number of aromatic nitrogens is 4. The molecule has 3 heterocycles. The topological polar surface area (TPSA) is 104 Å². The highest BCUT2D eigenvalue weighted by Gasteiger charge is 2.22. The molecule has 10 heteroatoms. The van der Waals surface area contributed by atoms with E-state index in [-0.39, 0.29) is 40.5 Å². The number of rotatable bonds is 4. The lowest BCUT2D eigenvalue weighted by molar-refractivity contribution is 0.141. The Hall–Kier alpha value is -3.63. The Kier molecular flexibility index (Phi) is 4.79. The number of nitriles is 2. The predicted molar refractivity (Wildman–Crippen MR) is 101 cm³/mol. The van der Waals surface area contributed by atoms with Crippen LogP contribution in [0.2, 0.25) is 0 Å². The van der Waals surface area contributed by atoms with Crippen LogP contribution in [0.5, 0.6) is 0 Å². The monoisotopic (exact) mass is 454 g/mol. The molecule has 0 saturated carbocycles. The van der Waals surface area contributed by atoms with Gasteiger partial charge in [-0.15, -0.1) is 10.2 Å². The first-order valence-corrected chi connectivity index (χ1v) is 8.99. The van der Waals surface area contributed by atoms with Crippen molar-refractivity contribution in [3.63, 3.8) is 0 Å². The number of hydrogen-bond acceptors (Lipinski definition) is 6. The molecule has 4 aromatic rings. The minimum absolute atomic E-state index is 0.0529. The molecular weight excluding hydrogens is 446 g/mol. The van der Waals surface area contributed by atoms with Crippen molar-refractivity contribution in [2.24, 2.45) is 0 Å². The molecule has 29 heavy (non-hydrogen) atoms. The average Bonchev–Trinajstić information content (AvgIpc) is 3.32. The molecule has 0 spiro atoms. The van der Waals surface area contributed by atoms with Gasteiger partial charge in [-0.1, -0.05) is 0 Å². The standard InChI is InChI=1S/C19H9BrF2N6O/c20-12-3-11(7-25-8-12)19-27-26-17(29-19)9-28-15-2-1-10(5-23)14(6-24)13(15)4-16(28)18(21)22/h1-4,7-8,18H,9H2. The summed E-state index contributed by atoms with van der Waals surface area (Å²) >= 11 is 3.30. The summed E-state index contributed by atoms with van der Waals surface area (Å²) in [5, 5.41) is 26.7. The summed E-state index contributed by atoms with van der Waals surface area (Å²) in [4.78, 5) is 4.02. The highest BCUT2D eigenvalue weighted by molar-refractivity contribution is 9.10. The third-order valence-corrected chi connectivity index (χ3v) is 4.72. The van der Waals surface area contributed by atoms with Crippen molar-refractivity contribution in [2.75, 3.05) is 0 Å². The van der Waals surface area contributed by atoms with E-state index in [1.165, 1.54) is 22.8 Å². The van der Waals surface area contributed by atoms with Crippen LogP contribution in [0.15, 0.2) is 45.5 Å². The summed E-state index contributed by atoms with van der Waals surface area (Å²) < 4.78 is 35.0. The first-order valence-electron chi connectivity index (χ1n) is 8.19. The van der Waals surface area contributed by atoms with Crippen molar-refractivity contribution in [2.45, 2.75) is 13.0 Å². The molecule has 3 aromatic heterocycles. The van der Waals surface area contributed by atoms with Crippen molar-refractivity contribution >= 4 is 26.8 Å². The highest BCUT2D eigenvalue weighted by Crippen LogP contribution is 2.32. The molecule has 4 rings (SSSR count). The smallest absolute Gasteiger partial charge is 0.278 e. The molecule has 0 unspecified atom stereocenters. The molecule has 0 saturated heterocycles. The number of hydrogen-bond donors (Lipinski definition) is 0. The van der Waals surface area contributed by atoms with Gasteiger partial charge < -0.3 is 8.98 Å². The fraction of sp³-hybridized carbons (Fsp3) is 0.105. The summed E-state index contributed by atoms with van der Waals surface area (Å²) in [6.07, 6.45) is 0.348. The van der Waals surface area contributed by atoms with Crippen molar-refractivity contribution < 1.29 is 13.2 Å². The molecule has 0 N–H and O–H groups in total.